The van der Waals surface area contributed by atoms with Crippen LogP contribution in [0.15, 0.2) is 30.3 Å². The summed E-state index contributed by atoms with van der Waals surface area (Å²) in [6, 6.07) is 8.83. The molecule has 0 spiro atoms. The van der Waals surface area contributed by atoms with Gasteiger partial charge in [-0.3, -0.25) is 0 Å². The molecule has 3 nitrogen and oxygen atoms in total. The Balaban J connectivity index is 0.000000165. The maximum Gasteiger partial charge on any atom is 0.335 e. The predicted molar refractivity (Wildman–Crippen MR) is 64.5 cm³/mol. The Morgan fingerprint density at radius 2 is 1.69 bits per heavy atom. The van der Waals surface area contributed by atoms with Crippen molar-refractivity contribution in [3.63, 3.8) is 0 Å². The highest BCUT2D eigenvalue weighted by Crippen LogP contribution is 2.14. The number of hydrogen-bond acceptors (Lipinski definition) is 2. The number of carbonyl (C=O) groups is 1. The second kappa shape index (κ2) is 7.01. The molecule has 1 saturated carbocycles. The van der Waals surface area contributed by atoms with Gasteiger partial charge in [0.05, 0.1) is 5.56 Å². The Hall–Kier alpha value is -1.35. The summed E-state index contributed by atoms with van der Waals surface area (Å²) in [5, 5.41) is 8.38. The highest BCUT2D eigenvalue weighted by molar-refractivity contribution is 5.87. The number of carboxylic acids is 1. The van der Waals surface area contributed by atoms with Crippen LogP contribution in [0.5, 0.6) is 0 Å². The average Bonchev–Trinajstić information content (AvgIpc) is 2.32. The minimum absolute atomic E-state index is 0.331. The molecule has 3 N–H and O–H groups in total. The second-order valence-electron chi connectivity index (χ2n) is 4.07. The minimum Gasteiger partial charge on any atom is -0.478 e. The van der Waals surface area contributed by atoms with Crippen LogP contribution in [-0.4, -0.2) is 17.1 Å². The summed E-state index contributed by atoms with van der Waals surface area (Å²) in [6.07, 6.45) is 6.66. The normalized spacial score (nSPS) is 16.1. The molecule has 0 bridgehead atoms. The first-order chi connectivity index (χ1) is 7.70. The fraction of sp³-hybridized carbons (Fsp3) is 0.462. The van der Waals surface area contributed by atoms with Gasteiger partial charge in [-0.2, -0.15) is 0 Å². The Morgan fingerprint density at radius 1 is 1.12 bits per heavy atom. The standard InChI is InChI=1S/C7H6O2.C6H13N/c8-7(9)6-4-2-1-3-5-6;7-6-4-2-1-3-5-6/h1-5H,(H,8,9);6H,1-5,7H2. The molecule has 16 heavy (non-hydrogen) atoms. The number of rotatable bonds is 1. The first-order valence-electron chi connectivity index (χ1n) is 5.74. The molecule has 0 radical (unpaired) electrons. The number of benzene rings is 1. The lowest BCUT2D eigenvalue weighted by Gasteiger charge is -2.15. The SMILES string of the molecule is NC1CCCCC1.O=C(O)c1ccccc1. The minimum atomic E-state index is -0.879. The molecule has 0 heterocycles. The molecule has 2 rings (SSSR count). The van der Waals surface area contributed by atoms with E-state index in [0.29, 0.717) is 11.6 Å². The van der Waals surface area contributed by atoms with Gasteiger partial charge in [-0.15, -0.1) is 0 Å². The number of hydrogen-bond donors (Lipinski definition) is 2. The summed E-state index contributed by atoms with van der Waals surface area (Å²) in [6.45, 7) is 0. The van der Waals surface area contributed by atoms with E-state index in [1.165, 1.54) is 32.1 Å². The summed E-state index contributed by atoms with van der Waals surface area (Å²) in [5.41, 5.74) is 5.97. The van der Waals surface area contributed by atoms with Gasteiger partial charge in [-0.1, -0.05) is 37.5 Å². The van der Waals surface area contributed by atoms with Crippen LogP contribution in [0.25, 0.3) is 0 Å². The molecule has 1 aromatic carbocycles. The van der Waals surface area contributed by atoms with Crippen molar-refractivity contribution in [1.82, 2.24) is 0 Å². The first-order valence-corrected chi connectivity index (χ1v) is 5.74. The third-order valence-corrected chi connectivity index (χ3v) is 2.67. The molecule has 0 unspecified atom stereocenters. The monoisotopic (exact) mass is 221 g/mol. The number of carboxylic acid groups (broad SMARTS) is 1. The summed E-state index contributed by atoms with van der Waals surface area (Å²) >= 11 is 0. The average molecular weight is 221 g/mol. The molecule has 0 atom stereocenters. The maximum atomic E-state index is 10.2. The van der Waals surface area contributed by atoms with E-state index in [1.807, 2.05) is 0 Å². The largest absolute Gasteiger partial charge is 0.478 e. The second-order valence-corrected chi connectivity index (χ2v) is 4.07. The molecule has 0 amide bonds. The molecule has 1 aromatic rings. The van der Waals surface area contributed by atoms with Crippen molar-refractivity contribution in [1.29, 1.82) is 0 Å². The van der Waals surface area contributed by atoms with Gasteiger partial charge in [0.25, 0.3) is 0 Å². The Kier molecular flexibility index (Phi) is 5.57. The van der Waals surface area contributed by atoms with Gasteiger partial charge < -0.3 is 10.8 Å². The van der Waals surface area contributed by atoms with Gasteiger partial charge in [0.1, 0.15) is 0 Å². The van der Waals surface area contributed by atoms with Crippen molar-refractivity contribution in [2.75, 3.05) is 0 Å². The van der Waals surface area contributed by atoms with Crippen molar-refractivity contribution in [2.24, 2.45) is 5.73 Å². The van der Waals surface area contributed by atoms with Crippen LogP contribution in [0.3, 0.4) is 0 Å². The molecule has 3 heteroatoms. The summed E-state index contributed by atoms with van der Waals surface area (Å²) < 4.78 is 0. The summed E-state index contributed by atoms with van der Waals surface area (Å²) in [7, 11) is 0. The van der Waals surface area contributed by atoms with Crippen LogP contribution in [0.2, 0.25) is 0 Å². The quantitative estimate of drug-likeness (QED) is 0.766. The highest BCUT2D eigenvalue weighted by atomic mass is 16.4. The molecule has 0 saturated heterocycles. The highest BCUT2D eigenvalue weighted by Gasteiger charge is 2.06. The van der Waals surface area contributed by atoms with Gasteiger partial charge in [0.15, 0.2) is 0 Å². The number of aromatic carboxylic acids is 1. The van der Waals surface area contributed by atoms with Gasteiger partial charge in [0.2, 0.25) is 0 Å². The zero-order chi connectivity index (χ0) is 11.8. The van der Waals surface area contributed by atoms with Crippen LogP contribution >= 0.6 is 0 Å². The van der Waals surface area contributed by atoms with Gasteiger partial charge >= 0.3 is 5.97 Å². The van der Waals surface area contributed by atoms with E-state index in [4.69, 9.17) is 10.8 Å². The van der Waals surface area contributed by atoms with Gasteiger partial charge in [-0.25, -0.2) is 4.79 Å². The van der Waals surface area contributed by atoms with Crippen LogP contribution < -0.4 is 5.73 Å². The zero-order valence-corrected chi connectivity index (χ0v) is 9.43. The van der Waals surface area contributed by atoms with Crippen LogP contribution in [-0.2, 0) is 0 Å². The van der Waals surface area contributed by atoms with Crippen LogP contribution in [0, 0.1) is 0 Å². The molecule has 0 aliphatic heterocycles. The van der Waals surface area contributed by atoms with Crippen molar-refractivity contribution in [2.45, 2.75) is 38.1 Å². The lowest BCUT2D eigenvalue weighted by atomic mass is 9.97. The van der Waals surface area contributed by atoms with E-state index < -0.39 is 5.97 Å². The first kappa shape index (κ1) is 12.7. The van der Waals surface area contributed by atoms with Crippen molar-refractivity contribution in [3.8, 4) is 0 Å². The summed E-state index contributed by atoms with van der Waals surface area (Å²) in [4.78, 5) is 10.2. The van der Waals surface area contributed by atoms with Gasteiger partial charge in [-0.05, 0) is 25.0 Å². The Bertz CT molecular complexity index is 305. The third kappa shape index (κ3) is 4.94. The number of nitrogens with two attached hydrogens (primary N) is 1. The molecule has 1 fully saturated rings. The van der Waals surface area contributed by atoms with Crippen molar-refractivity contribution in [3.05, 3.63) is 35.9 Å². The lowest BCUT2D eigenvalue weighted by molar-refractivity contribution is 0.0697. The molecular formula is C13H19NO2. The lowest BCUT2D eigenvalue weighted by Crippen LogP contribution is -2.22. The van der Waals surface area contributed by atoms with Crippen LogP contribution in [0.4, 0.5) is 0 Å². The molecule has 88 valence electrons. The van der Waals surface area contributed by atoms with E-state index in [-0.39, 0.29) is 0 Å². The van der Waals surface area contributed by atoms with Gasteiger partial charge in [0, 0.05) is 6.04 Å². The van der Waals surface area contributed by atoms with E-state index in [2.05, 4.69) is 0 Å². The summed E-state index contributed by atoms with van der Waals surface area (Å²) in [5.74, 6) is -0.879. The molecule has 1 aliphatic rings. The Labute approximate surface area is 96.3 Å². The third-order valence-electron chi connectivity index (χ3n) is 2.67. The molecule has 0 aromatic heterocycles. The van der Waals surface area contributed by atoms with E-state index in [9.17, 15) is 4.79 Å². The molecular weight excluding hydrogens is 202 g/mol. The fourth-order valence-electron chi connectivity index (χ4n) is 1.71. The van der Waals surface area contributed by atoms with Crippen molar-refractivity contribution < 1.29 is 9.90 Å². The predicted octanol–water partition coefficient (Wildman–Crippen LogP) is 2.66. The Morgan fingerprint density at radius 3 is 2.00 bits per heavy atom. The van der Waals surface area contributed by atoms with E-state index in [0.717, 1.165) is 0 Å². The fourth-order valence-corrected chi connectivity index (χ4v) is 1.71. The maximum absolute atomic E-state index is 10.2. The van der Waals surface area contributed by atoms with Crippen LogP contribution in [0.1, 0.15) is 42.5 Å². The van der Waals surface area contributed by atoms with E-state index in [1.54, 1.807) is 30.3 Å². The van der Waals surface area contributed by atoms with Crippen molar-refractivity contribution >= 4 is 5.97 Å². The smallest absolute Gasteiger partial charge is 0.335 e. The topological polar surface area (TPSA) is 63.3 Å². The molecule has 1 aliphatic carbocycles. The van der Waals surface area contributed by atoms with E-state index >= 15 is 0 Å². The zero-order valence-electron chi connectivity index (χ0n) is 9.43.